The normalized spacial score (nSPS) is 10.4. The number of amides is 1. The van der Waals surface area contributed by atoms with Gasteiger partial charge >= 0.3 is 5.97 Å². The average Bonchev–Trinajstić information content (AvgIpc) is 3.05. The highest BCUT2D eigenvalue weighted by molar-refractivity contribution is 5.95. The quantitative estimate of drug-likeness (QED) is 0.867. The van der Waals surface area contributed by atoms with Crippen molar-refractivity contribution >= 4 is 11.9 Å². The Hall–Kier alpha value is -2.57. The van der Waals surface area contributed by atoms with Crippen LogP contribution in [0.15, 0.2) is 35.2 Å². The molecule has 0 aromatic carbocycles. The molecular weight excluding hydrogens is 250 g/mol. The fraction of sp³-hybridized carbons (Fsp3) is 0.250. The van der Waals surface area contributed by atoms with Crippen molar-refractivity contribution in [2.24, 2.45) is 0 Å². The molecule has 0 bridgehead atoms. The Morgan fingerprint density at radius 1 is 1.53 bits per heavy atom. The third-order valence-electron chi connectivity index (χ3n) is 2.63. The highest BCUT2D eigenvalue weighted by Gasteiger charge is 2.18. The van der Waals surface area contributed by atoms with Gasteiger partial charge in [0.05, 0.1) is 12.1 Å². The smallest absolute Gasteiger partial charge is 0.338 e. The number of carboxylic acids is 1. The maximum Gasteiger partial charge on any atom is 0.338 e. The lowest BCUT2D eigenvalue weighted by Gasteiger charge is -2.15. The second-order valence-corrected chi connectivity index (χ2v) is 4.00. The Morgan fingerprint density at radius 2 is 2.32 bits per heavy atom. The number of hydrogen-bond donors (Lipinski definition) is 1. The van der Waals surface area contributed by atoms with Gasteiger partial charge < -0.3 is 14.4 Å². The molecule has 2 aromatic heterocycles. The number of furan rings is 1. The monoisotopic (exact) mass is 263 g/mol. The SMILES string of the molecule is CN(CCn1cccn1)C(=O)c1cc(C(=O)O)co1. The van der Waals surface area contributed by atoms with Crippen LogP contribution in [-0.4, -0.2) is 45.3 Å². The molecule has 19 heavy (non-hydrogen) atoms. The first-order valence-electron chi connectivity index (χ1n) is 5.62. The third kappa shape index (κ3) is 3.01. The molecule has 100 valence electrons. The van der Waals surface area contributed by atoms with Crippen molar-refractivity contribution in [1.82, 2.24) is 14.7 Å². The van der Waals surface area contributed by atoms with E-state index in [4.69, 9.17) is 9.52 Å². The number of nitrogens with zero attached hydrogens (tertiary/aromatic N) is 3. The molecule has 0 aliphatic carbocycles. The minimum atomic E-state index is -1.12. The second-order valence-electron chi connectivity index (χ2n) is 4.00. The Bertz CT molecular complexity index is 574. The topological polar surface area (TPSA) is 88.6 Å². The molecule has 0 saturated carbocycles. The maximum absolute atomic E-state index is 11.9. The predicted octanol–water partition coefficient (Wildman–Crippen LogP) is 0.947. The van der Waals surface area contributed by atoms with Crippen LogP contribution in [0.4, 0.5) is 0 Å². The predicted molar refractivity (Wildman–Crippen MR) is 64.9 cm³/mol. The molecule has 2 heterocycles. The summed E-state index contributed by atoms with van der Waals surface area (Å²) in [6.07, 6.45) is 4.51. The minimum absolute atomic E-state index is 0.0142. The van der Waals surface area contributed by atoms with Gasteiger partial charge in [-0.2, -0.15) is 5.10 Å². The zero-order chi connectivity index (χ0) is 13.8. The number of rotatable bonds is 5. The highest BCUT2D eigenvalue weighted by atomic mass is 16.4. The van der Waals surface area contributed by atoms with Crippen LogP contribution in [0.25, 0.3) is 0 Å². The van der Waals surface area contributed by atoms with Gasteiger partial charge in [0.25, 0.3) is 5.91 Å². The minimum Gasteiger partial charge on any atom is -0.478 e. The van der Waals surface area contributed by atoms with Crippen molar-refractivity contribution in [1.29, 1.82) is 0 Å². The van der Waals surface area contributed by atoms with Gasteiger partial charge in [0.1, 0.15) is 6.26 Å². The summed E-state index contributed by atoms with van der Waals surface area (Å²) in [6, 6.07) is 3.02. The number of likely N-dealkylation sites (N-methyl/N-ethyl adjacent to an activating group) is 1. The van der Waals surface area contributed by atoms with Gasteiger partial charge in [-0.15, -0.1) is 0 Å². The summed E-state index contributed by atoms with van der Waals surface area (Å²) < 4.78 is 6.65. The average molecular weight is 263 g/mol. The van der Waals surface area contributed by atoms with Gasteiger partial charge in [0, 0.05) is 32.1 Å². The number of aromatic nitrogens is 2. The molecule has 0 fully saturated rings. The van der Waals surface area contributed by atoms with E-state index in [1.807, 2.05) is 0 Å². The van der Waals surface area contributed by atoms with Crippen LogP contribution in [0, 0.1) is 0 Å². The lowest BCUT2D eigenvalue weighted by atomic mass is 10.3. The summed E-state index contributed by atoms with van der Waals surface area (Å²) in [6.45, 7) is 1.01. The second kappa shape index (κ2) is 5.38. The summed E-state index contributed by atoms with van der Waals surface area (Å²) in [5, 5.41) is 12.8. The molecule has 1 amide bonds. The van der Waals surface area contributed by atoms with Crippen LogP contribution in [0.5, 0.6) is 0 Å². The number of carbonyl (C=O) groups is 2. The fourth-order valence-electron chi connectivity index (χ4n) is 1.54. The Labute approximate surface area is 109 Å². The van der Waals surface area contributed by atoms with E-state index in [-0.39, 0.29) is 17.2 Å². The summed E-state index contributed by atoms with van der Waals surface area (Å²) >= 11 is 0. The van der Waals surface area contributed by atoms with E-state index in [1.165, 1.54) is 11.0 Å². The summed E-state index contributed by atoms with van der Waals surface area (Å²) in [5.74, 6) is -1.47. The number of hydrogen-bond acceptors (Lipinski definition) is 4. The van der Waals surface area contributed by atoms with Crippen molar-refractivity contribution in [2.75, 3.05) is 13.6 Å². The molecule has 0 aliphatic rings. The van der Waals surface area contributed by atoms with Crippen LogP contribution in [0.2, 0.25) is 0 Å². The van der Waals surface area contributed by atoms with Gasteiger partial charge in [-0.25, -0.2) is 4.79 Å². The van der Waals surface area contributed by atoms with Crippen molar-refractivity contribution in [2.45, 2.75) is 6.54 Å². The van der Waals surface area contributed by atoms with Crippen LogP contribution < -0.4 is 0 Å². The van der Waals surface area contributed by atoms with E-state index in [9.17, 15) is 9.59 Å². The molecule has 2 aromatic rings. The first-order valence-corrected chi connectivity index (χ1v) is 5.62. The van der Waals surface area contributed by atoms with Crippen molar-refractivity contribution in [3.8, 4) is 0 Å². The van der Waals surface area contributed by atoms with Crippen LogP contribution in [0.3, 0.4) is 0 Å². The number of carboxylic acid groups (broad SMARTS) is 1. The lowest BCUT2D eigenvalue weighted by molar-refractivity contribution is 0.0695. The van der Waals surface area contributed by atoms with Crippen molar-refractivity contribution in [3.05, 3.63) is 42.1 Å². The summed E-state index contributed by atoms with van der Waals surface area (Å²) in [5.41, 5.74) is -0.0381. The summed E-state index contributed by atoms with van der Waals surface area (Å²) in [7, 11) is 1.62. The zero-order valence-electron chi connectivity index (χ0n) is 10.3. The molecule has 0 saturated heterocycles. The molecule has 7 heteroatoms. The standard InChI is InChI=1S/C12H13N3O4/c1-14(5-6-15-4-2-3-13-15)11(16)10-7-9(8-19-10)12(17)18/h2-4,7-8H,5-6H2,1H3,(H,17,18). The molecule has 0 atom stereocenters. The van der Waals surface area contributed by atoms with Crippen LogP contribution in [-0.2, 0) is 6.54 Å². The highest BCUT2D eigenvalue weighted by Crippen LogP contribution is 2.10. The van der Waals surface area contributed by atoms with E-state index in [0.29, 0.717) is 13.1 Å². The van der Waals surface area contributed by atoms with E-state index >= 15 is 0 Å². The number of aromatic carboxylic acids is 1. The van der Waals surface area contributed by atoms with E-state index in [1.54, 1.807) is 30.2 Å². The van der Waals surface area contributed by atoms with Crippen LogP contribution >= 0.6 is 0 Å². The molecule has 2 rings (SSSR count). The molecule has 0 radical (unpaired) electrons. The van der Waals surface area contributed by atoms with Crippen molar-refractivity contribution in [3.63, 3.8) is 0 Å². The van der Waals surface area contributed by atoms with E-state index in [2.05, 4.69) is 5.10 Å². The number of carbonyl (C=O) groups excluding carboxylic acids is 1. The molecule has 0 spiro atoms. The van der Waals surface area contributed by atoms with E-state index < -0.39 is 5.97 Å². The van der Waals surface area contributed by atoms with Gasteiger partial charge in [-0.3, -0.25) is 9.48 Å². The Kier molecular flexibility index (Phi) is 3.65. The molecule has 1 N–H and O–H groups in total. The van der Waals surface area contributed by atoms with Gasteiger partial charge in [-0.05, 0) is 6.07 Å². The molecule has 0 aliphatic heterocycles. The molecular formula is C12H13N3O4. The zero-order valence-corrected chi connectivity index (χ0v) is 10.3. The molecule has 7 nitrogen and oxygen atoms in total. The lowest BCUT2D eigenvalue weighted by Crippen LogP contribution is -2.29. The third-order valence-corrected chi connectivity index (χ3v) is 2.63. The van der Waals surface area contributed by atoms with Gasteiger partial charge in [0.15, 0.2) is 5.76 Å². The maximum atomic E-state index is 11.9. The molecule has 0 unspecified atom stereocenters. The van der Waals surface area contributed by atoms with Gasteiger partial charge in [0.2, 0.25) is 0 Å². The van der Waals surface area contributed by atoms with Crippen molar-refractivity contribution < 1.29 is 19.1 Å². The fourth-order valence-corrected chi connectivity index (χ4v) is 1.54. The largest absolute Gasteiger partial charge is 0.478 e. The summed E-state index contributed by atoms with van der Waals surface area (Å²) in [4.78, 5) is 24.1. The van der Waals surface area contributed by atoms with Gasteiger partial charge in [-0.1, -0.05) is 0 Å². The Morgan fingerprint density at radius 3 is 2.89 bits per heavy atom. The van der Waals surface area contributed by atoms with E-state index in [0.717, 1.165) is 6.26 Å². The first-order chi connectivity index (χ1) is 9.08. The Balaban J connectivity index is 1.96. The van der Waals surface area contributed by atoms with Crippen LogP contribution in [0.1, 0.15) is 20.9 Å². The first kappa shape index (κ1) is 12.9.